The van der Waals surface area contributed by atoms with Crippen LogP contribution in [0.2, 0.25) is 0 Å². The van der Waals surface area contributed by atoms with Gasteiger partial charge in [0, 0.05) is 25.8 Å². The molecule has 1 aromatic rings. The highest BCUT2D eigenvalue weighted by molar-refractivity contribution is 5.37. The minimum absolute atomic E-state index is 0.871. The molecule has 0 atom stereocenters. The molecule has 0 aliphatic carbocycles. The summed E-state index contributed by atoms with van der Waals surface area (Å²) in [5.41, 5.74) is 1.37. The second-order valence-corrected chi connectivity index (χ2v) is 6.46. The van der Waals surface area contributed by atoms with Crippen molar-refractivity contribution in [2.45, 2.75) is 32.7 Å². The van der Waals surface area contributed by atoms with Gasteiger partial charge in [-0.3, -0.25) is 4.90 Å². The summed E-state index contributed by atoms with van der Waals surface area (Å²) in [6.07, 6.45) is 5.70. The van der Waals surface area contributed by atoms with Crippen LogP contribution in [-0.2, 0) is 6.54 Å². The lowest BCUT2D eigenvalue weighted by atomic mass is 9.96. The van der Waals surface area contributed by atoms with Crippen LogP contribution in [0.15, 0.2) is 18.3 Å². The number of nitrogens with one attached hydrogen (secondary N) is 1. The minimum atomic E-state index is 0.871. The van der Waals surface area contributed by atoms with E-state index in [9.17, 15) is 0 Å². The summed E-state index contributed by atoms with van der Waals surface area (Å²) in [6, 6.07) is 4.34. The van der Waals surface area contributed by atoms with Gasteiger partial charge in [-0.25, -0.2) is 4.98 Å². The van der Waals surface area contributed by atoms with Crippen molar-refractivity contribution < 1.29 is 0 Å². The van der Waals surface area contributed by atoms with E-state index in [-0.39, 0.29) is 0 Å². The molecule has 118 valence electrons. The molecule has 0 aromatic carbocycles. The molecule has 0 radical (unpaired) electrons. The standard InChI is InChI=1S/C17H30N4/c1-4-8-18-17-12-16(5-9-19-17)14-21-10-6-15(7-11-21)13-20(2)3/h5,9,12,15H,4,6-8,10-11,13-14H2,1-3H3,(H,18,19). The zero-order chi connectivity index (χ0) is 15.1. The summed E-state index contributed by atoms with van der Waals surface area (Å²) in [5.74, 6) is 1.88. The van der Waals surface area contributed by atoms with Gasteiger partial charge < -0.3 is 10.2 Å². The van der Waals surface area contributed by atoms with Gasteiger partial charge in [-0.15, -0.1) is 0 Å². The van der Waals surface area contributed by atoms with Gasteiger partial charge in [-0.2, -0.15) is 0 Å². The van der Waals surface area contributed by atoms with Crippen molar-refractivity contribution in [3.8, 4) is 0 Å². The maximum Gasteiger partial charge on any atom is 0.126 e. The lowest BCUT2D eigenvalue weighted by molar-refractivity contribution is 0.157. The Hall–Kier alpha value is -1.13. The topological polar surface area (TPSA) is 31.4 Å². The first-order valence-electron chi connectivity index (χ1n) is 8.23. The molecule has 0 bridgehead atoms. The summed E-state index contributed by atoms with van der Waals surface area (Å²) >= 11 is 0. The first kappa shape index (κ1) is 16.2. The van der Waals surface area contributed by atoms with Gasteiger partial charge in [-0.05, 0) is 70.1 Å². The third-order valence-corrected chi connectivity index (χ3v) is 4.12. The van der Waals surface area contributed by atoms with Crippen molar-refractivity contribution in [2.24, 2.45) is 5.92 Å². The van der Waals surface area contributed by atoms with Crippen molar-refractivity contribution in [3.05, 3.63) is 23.9 Å². The summed E-state index contributed by atoms with van der Waals surface area (Å²) < 4.78 is 0. The zero-order valence-corrected chi connectivity index (χ0v) is 13.8. The number of nitrogens with zero attached hydrogens (tertiary/aromatic N) is 3. The number of aromatic nitrogens is 1. The number of piperidine rings is 1. The number of likely N-dealkylation sites (tertiary alicyclic amines) is 1. The molecule has 4 heteroatoms. The van der Waals surface area contributed by atoms with E-state index in [1.165, 1.54) is 38.0 Å². The Morgan fingerprint density at radius 3 is 2.76 bits per heavy atom. The normalized spacial score (nSPS) is 17.3. The van der Waals surface area contributed by atoms with Gasteiger partial charge in [0.25, 0.3) is 0 Å². The maximum absolute atomic E-state index is 4.38. The predicted molar refractivity (Wildman–Crippen MR) is 89.6 cm³/mol. The number of rotatable bonds is 7. The van der Waals surface area contributed by atoms with Crippen LogP contribution in [-0.4, -0.2) is 55.1 Å². The van der Waals surface area contributed by atoms with Gasteiger partial charge in [0.2, 0.25) is 0 Å². The smallest absolute Gasteiger partial charge is 0.126 e. The van der Waals surface area contributed by atoms with Crippen molar-refractivity contribution in [1.82, 2.24) is 14.8 Å². The Bertz CT molecular complexity index is 411. The van der Waals surface area contributed by atoms with E-state index >= 15 is 0 Å². The average molecular weight is 290 g/mol. The average Bonchev–Trinajstić information content (AvgIpc) is 2.47. The molecule has 0 amide bonds. The molecule has 1 saturated heterocycles. The summed E-state index contributed by atoms with van der Waals surface area (Å²) in [7, 11) is 4.35. The van der Waals surface area contributed by atoms with Crippen LogP contribution in [0.1, 0.15) is 31.7 Å². The fourth-order valence-corrected chi connectivity index (χ4v) is 3.02. The fourth-order valence-electron chi connectivity index (χ4n) is 3.02. The summed E-state index contributed by atoms with van der Waals surface area (Å²) in [6.45, 7) is 7.89. The molecule has 0 spiro atoms. The fraction of sp³-hybridized carbons (Fsp3) is 0.706. The van der Waals surface area contributed by atoms with Gasteiger partial charge in [0.1, 0.15) is 5.82 Å². The van der Waals surface area contributed by atoms with Crippen LogP contribution < -0.4 is 5.32 Å². The third kappa shape index (κ3) is 5.64. The molecule has 2 rings (SSSR count). The monoisotopic (exact) mass is 290 g/mol. The van der Waals surface area contributed by atoms with Crippen LogP contribution in [0, 0.1) is 5.92 Å². The maximum atomic E-state index is 4.38. The van der Waals surface area contributed by atoms with E-state index in [0.717, 1.165) is 31.2 Å². The second kappa shape index (κ2) is 8.35. The molecular weight excluding hydrogens is 260 g/mol. The Morgan fingerprint density at radius 1 is 1.33 bits per heavy atom. The summed E-state index contributed by atoms with van der Waals surface area (Å²) in [4.78, 5) is 9.27. The van der Waals surface area contributed by atoms with E-state index in [0.29, 0.717) is 0 Å². The van der Waals surface area contributed by atoms with E-state index in [1.54, 1.807) is 0 Å². The van der Waals surface area contributed by atoms with Crippen LogP contribution in [0.25, 0.3) is 0 Å². The molecule has 1 aliphatic heterocycles. The number of hydrogen-bond donors (Lipinski definition) is 1. The first-order chi connectivity index (χ1) is 10.2. The number of pyridine rings is 1. The molecule has 2 heterocycles. The van der Waals surface area contributed by atoms with E-state index in [1.807, 2.05) is 6.20 Å². The van der Waals surface area contributed by atoms with Crippen molar-refractivity contribution >= 4 is 5.82 Å². The Balaban J connectivity index is 1.80. The van der Waals surface area contributed by atoms with E-state index < -0.39 is 0 Å². The molecule has 4 nitrogen and oxygen atoms in total. The van der Waals surface area contributed by atoms with Crippen LogP contribution in [0.4, 0.5) is 5.82 Å². The summed E-state index contributed by atoms with van der Waals surface area (Å²) in [5, 5.41) is 3.37. The molecule has 1 N–H and O–H groups in total. The van der Waals surface area contributed by atoms with Crippen LogP contribution in [0.5, 0.6) is 0 Å². The largest absolute Gasteiger partial charge is 0.370 e. The molecular formula is C17H30N4. The molecule has 21 heavy (non-hydrogen) atoms. The van der Waals surface area contributed by atoms with Gasteiger partial charge >= 0.3 is 0 Å². The highest BCUT2D eigenvalue weighted by atomic mass is 15.1. The SMILES string of the molecule is CCCNc1cc(CN2CCC(CN(C)C)CC2)ccn1. The molecule has 1 fully saturated rings. The third-order valence-electron chi connectivity index (χ3n) is 4.12. The quantitative estimate of drug-likeness (QED) is 0.836. The highest BCUT2D eigenvalue weighted by Crippen LogP contribution is 2.20. The highest BCUT2D eigenvalue weighted by Gasteiger charge is 2.19. The van der Waals surface area contributed by atoms with Crippen LogP contribution >= 0.6 is 0 Å². The van der Waals surface area contributed by atoms with Gasteiger partial charge in [0.05, 0.1) is 0 Å². The van der Waals surface area contributed by atoms with Crippen LogP contribution in [0.3, 0.4) is 0 Å². The van der Waals surface area contributed by atoms with Gasteiger partial charge in [0.15, 0.2) is 0 Å². The van der Waals surface area contributed by atoms with Gasteiger partial charge in [-0.1, -0.05) is 6.92 Å². The second-order valence-electron chi connectivity index (χ2n) is 6.46. The Morgan fingerprint density at radius 2 is 2.10 bits per heavy atom. The van der Waals surface area contributed by atoms with Crippen molar-refractivity contribution in [3.63, 3.8) is 0 Å². The lowest BCUT2D eigenvalue weighted by Crippen LogP contribution is -2.36. The molecule has 1 aromatic heterocycles. The predicted octanol–water partition coefficient (Wildman–Crippen LogP) is 2.68. The zero-order valence-electron chi connectivity index (χ0n) is 13.8. The molecule has 0 unspecified atom stereocenters. The molecule has 1 aliphatic rings. The molecule has 0 saturated carbocycles. The van der Waals surface area contributed by atoms with E-state index in [4.69, 9.17) is 0 Å². The van der Waals surface area contributed by atoms with Crippen molar-refractivity contribution in [2.75, 3.05) is 45.6 Å². The first-order valence-corrected chi connectivity index (χ1v) is 8.23. The Labute approximate surface area is 129 Å². The van der Waals surface area contributed by atoms with Crippen molar-refractivity contribution in [1.29, 1.82) is 0 Å². The van der Waals surface area contributed by atoms with E-state index in [2.05, 4.69) is 53.3 Å². The number of hydrogen-bond acceptors (Lipinski definition) is 4. The lowest BCUT2D eigenvalue weighted by Gasteiger charge is -2.33. The number of anilines is 1. The minimum Gasteiger partial charge on any atom is -0.370 e. The Kier molecular flexibility index (Phi) is 6.46.